The summed E-state index contributed by atoms with van der Waals surface area (Å²) in [5.74, 6) is 0.489. The van der Waals surface area contributed by atoms with Gasteiger partial charge in [0.2, 0.25) is 5.91 Å². The zero-order valence-electron chi connectivity index (χ0n) is 22.5. The molecule has 0 aliphatic rings. The van der Waals surface area contributed by atoms with E-state index in [0.29, 0.717) is 29.4 Å². The minimum atomic E-state index is -0.937. The van der Waals surface area contributed by atoms with Crippen LogP contribution in [0.2, 0.25) is 0 Å². The Kier molecular flexibility index (Phi) is 8.93. The van der Waals surface area contributed by atoms with Gasteiger partial charge in [-0.3, -0.25) is 9.59 Å². The van der Waals surface area contributed by atoms with Crippen LogP contribution in [0.5, 0.6) is 11.6 Å². The van der Waals surface area contributed by atoms with Crippen LogP contribution in [0, 0.1) is 0 Å². The zero-order chi connectivity index (χ0) is 27.8. The molecular weight excluding hydrogens is 514 g/mol. The fourth-order valence-corrected chi connectivity index (χ4v) is 4.76. The van der Waals surface area contributed by atoms with Crippen molar-refractivity contribution in [2.75, 3.05) is 31.2 Å². The molecule has 2 amide bonds. The predicted octanol–water partition coefficient (Wildman–Crippen LogP) is 5.35. The van der Waals surface area contributed by atoms with Crippen LogP contribution >= 0.6 is 10.0 Å². The molecule has 1 unspecified atom stereocenters. The average molecular weight is 548 g/mol. The monoisotopic (exact) mass is 547 g/mol. The van der Waals surface area contributed by atoms with Crippen LogP contribution in [0.3, 0.4) is 0 Å². The Hall–Kier alpha value is -4.24. The molecule has 8 nitrogen and oxygen atoms in total. The van der Waals surface area contributed by atoms with E-state index in [0.717, 1.165) is 5.56 Å². The van der Waals surface area contributed by atoms with E-state index in [4.69, 9.17) is 14.0 Å². The molecule has 3 aromatic carbocycles. The molecule has 1 aromatic heterocycles. The van der Waals surface area contributed by atoms with E-state index in [1.165, 1.54) is 4.90 Å². The molecule has 0 radical (unpaired) electrons. The van der Waals surface area contributed by atoms with Gasteiger partial charge in [0.05, 0.1) is 13.5 Å². The van der Waals surface area contributed by atoms with Gasteiger partial charge in [-0.1, -0.05) is 42.5 Å². The number of hydrogen-bond acceptors (Lipinski definition) is 6. The van der Waals surface area contributed by atoms with Crippen LogP contribution in [0.4, 0.5) is 5.69 Å². The number of hydrogen-bond donors (Lipinski definition) is 2. The lowest BCUT2D eigenvalue weighted by Crippen LogP contribution is -2.37. The third-order valence-electron chi connectivity index (χ3n) is 5.95. The number of carbonyl (C=O) groups is 2. The molecule has 204 valence electrons. The van der Waals surface area contributed by atoms with Crippen LogP contribution in [-0.2, 0) is 22.6 Å². The largest absolute Gasteiger partial charge is 0.497 e. The lowest BCUT2D eigenvalue weighted by atomic mass is 10.1. The van der Waals surface area contributed by atoms with Gasteiger partial charge >= 0.3 is 0 Å². The molecule has 0 aliphatic carbocycles. The predicted molar refractivity (Wildman–Crippen MR) is 154 cm³/mol. The summed E-state index contributed by atoms with van der Waals surface area (Å²) in [6, 6.07) is 25.1. The second-order valence-electron chi connectivity index (χ2n) is 9.71. The lowest BCUT2D eigenvalue weighted by molar-refractivity contribution is -0.126. The summed E-state index contributed by atoms with van der Waals surface area (Å²) in [5, 5.41) is 9.63. The topological polar surface area (TPSA) is 103 Å². The smallest absolute Gasteiger partial charge is 0.254 e. The minimum Gasteiger partial charge on any atom is -0.497 e. The van der Waals surface area contributed by atoms with Crippen molar-refractivity contribution >= 4 is 27.5 Å². The Morgan fingerprint density at radius 2 is 1.64 bits per heavy atom. The van der Waals surface area contributed by atoms with E-state index in [2.05, 4.69) is 34.6 Å². The first kappa shape index (κ1) is 27.8. The van der Waals surface area contributed by atoms with Crippen LogP contribution in [-0.4, -0.2) is 42.8 Å². The SMILES string of the molecule is COc1ccc(C(NC(=O)Cc2cc(OCc3ccccc3)no2)C(=O)Nc2ccc(S(C)(C)C)cc2)cc1. The molecule has 4 rings (SSSR count). The van der Waals surface area contributed by atoms with E-state index in [1.54, 1.807) is 37.4 Å². The molecule has 0 bridgehead atoms. The second kappa shape index (κ2) is 12.5. The molecule has 1 atom stereocenters. The molecule has 0 saturated carbocycles. The average Bonchev–Trinajstić information content (AvgIpc) is 3.38. The molecule has 39 heavy (non-hydrogen) atoms. The van der Waals surface area contributed by atoms with Gasteiger partial charge in [-0.15, -0.1) is 0 Å². The first-order valence-electron chi connectivity index (χ1n) is 12.4. The van der Waals surface area contributed by atoms with Crippen molar-refractivity contribution in [3.8, 4) is 11.6 Å². The maximum absolute atomic E-state index is 13.4. The van der Waals surface area contributed by atoms with Gasteiger partial charge in [0.25, 0.3) is 11.8 Å². The first-order chi connectivity index (χ1) is 18.7. The Morgan fingerprint density at radius 1 is 0.949 bits per heavy atom. The lowest BCUT2D eigenvalue weighted by Gasteiger charge is -2.26. The highest BCUT2D eigenvalue weighted by atomic mass is 32.3. The molecule has 0 spiro atoms. The van der Waals surface area contributed by atoms with Gasteiger partial charge in [-0.2, -0.15) is 0 Å². The molecule has 0 aliphatic heterocycles. The fourth-order valence-electron chi connectivity index (χ4n) is 3.80. The second-order valence-corrected chi connectivity index (χ2v) is 13.9. The van der Waals surface area contributed by atoms with Gasteiger partial charge in [0, 0.05) is 11.8 Å². The van der Waals surface area contributed by atoms with Crippen LogP contribution in [0.25, 0.3) is 0 Å². The number of rotatable bonds is 11. The summed E-state index contributed by atoms with van der Waals surface area (Å²) in [6.07, 6.45) is 6.53. The van der Waals surface area contributed by atoms with E-state index in [9.17, 15) is 9.59 Å². The van der Waals surface area contributed by atoms with Crippen molar-refractivity contribution in [3.05, 3.63) is 102 Å². The number of benzene rings is 3. The fraction of sp³-hybridized carbons (Fsp3) is 0.233. The summed E-state index contributed by atoms with van der Waals surface area (Å²) in [6.45, 7) is 0.330. The third kappa shape index (κ3) is 7.87. The highest BCUT2D eigenvalue weighted by molar-refractivity contribution is 8.32. The van der Waals surface area contributed by atoms with Crippen molar-refractivity contribution in [2.45, 2.75) is 24.0 Å². The Bertz CT molecular complexity index is 1380. The van der Waals surface area contributed by atoms with Gasteiger partial charge in [0.15, 0.2) is 0 Å². The quantitative estimate of drug-likeness (QED) is 0.262. The van der Waals surface area contributed by atoms with Crippen molar-refractivity contribution in [1.82, 2.24) is 10.5 Å². The van der Waals surface area contributed by atoms with Crippen molar-refractivity contribution in [3.63, 3.8) is 0 Å². The Morgan fingerprint density at radius 3 is 2.28 bits per heavy atom. The van der Waals surface area contributed by atoms with Crippen molar-refractivity contribution < 1.29 is 23.6 Å². The van der Waals surface area contributed by atoms with Gasteiger partial charge in [-0.25, -0.2) is 10.0 Å². The minimum absolute atomic E-state index is 0.106. The van der Waals surface area contributed by atoms with Crippen molar-refractivity contribution in [1.29, 1.82) is 0 Å². The molecule has 0 fully saturated rings. The highest BCUT2D eigenvalue weighted by Gasteiger charge is 2.24. The molecule has 2 N–H and O–H groups in total. The van der Waals surface area contributed by atoms with E-state index in [-0.39, 0.29) is 18.2 Å². The first-order valence-corrected chi connectivity index (χ1v) is 15.2. The van der Waals surface area contributed by atoms with Crippen LogP contribution in [0.15, 0.2) is 94.3 Å². The van der Waals surface area contributed by atoms with Gasteiger partial charge < -0.3 is 24.6 Å². The number of nitrogens with one attached hydrogen (secondary N) is 2. The number of nitrogens with zero attached hydrogens (tertiary/aromatic N) is 1. The normalized spacial score (nSPS) is 12.3. The Labute approximate surface area is 230 Å². The standard InChI is InChI=1S/C30H33N3O5S/c1-36-24-14-10-22(11-15-24)29(30(35)31-23-12-16-26(17-13-23)39(2,3)4)32-27(34)18-25-19-28(33-38-25)37-20-21-8-6-5-7-9-21/h5-17,19,29H,18,20H2,1-4H3,(H,31,35)(H,32,34). The van der Waals surface area contributed by atoms with Crippen molar-refractivity contribution in [2.24, 2.45) is 0 Å². The number of carbonyl (C=O) groups excluding carboxylic acids is 2. The molecule has 9 heteroatoms. The summed E-state index contributed by atoms with van der Waals surface area (Å²) < 4.78 is 16.2. The maximum Gasteiger partial charge on any atom is 0.254 e. The maximum atomic E-state index is 13.4. The number of aromatic nitrogens is 1. The molecular formula is C30H33N3O5S. The molecule has 4 aromatic rings. The van der Waals surface area contributed by atoms with E-state index in [1.807, 2.05) is 54.6 Å². The number of anilines is 1. The number of methoxy groups -OCH3 is 1. The molecule has 0 saturated heterocycles. The number of amides is 2. The Balaban J connectivity index is 1.43. The highest BCUT2D eigenvalue weighted by Crippen LogP contribution is 2.45. The van der Waals surface area contributed by atoms with Gasteiger partial charge in [0.1, 0.15) is 24.2 Å². The van der Waals surface area contributed by atoms with E-state index >= 15 is 0 Å². The number of ether oxygens (including phenoxy) is 2. The summed E-state index contributed by atoms with van der Waals surface area (Å²) in [7, 11) is 0.688. The molecule has 1 heterocycles. The van der Waals surface area contributed by atoms with Crippen LogP contribution in [0.1, 0.15) is 22.9 Å². The summed E-state index contributed by atoms with van der Waals surface area (Å²) >= 11 is 0. The van der Waals surface area contributed by atoms with E-state index < -0.39 is 22.0 Å². The summed E-state index contributed by atoms with van der Waals surface area (Å²) in [5.41, 5.74) is 2.25. The zero-order valence-corrected chi connectivity index (χ0v) is 23.3. The summed E-state index contributed by atoms with van der Waals surface area (Å²) in [4.78, 5) is 27.6. The third-order valence-corrected chi connectivity index (χ3v) is 7.63. The van der Waals surface area contributed by atoms with Gasteiger partial charge in [-0.05, 0) is 76.3 Å². The van der Waals surface area contributed by atoms with Crippen LogP contribution < -0.4 is 20.1 Å².